The van der Waals surface area contributed by atoms with E-state index in [0.29, 0.717) is 11.4 Å². The second-order valence-electron chi connectivity index (χ2n) is 6.84. The van der Waals surface area contributed by atoms with Gasteiger partial charge in [-0.3, -0.25) is 0 Å². The number of nitrogens with one attached hydrogen (secondary N) is 1. The molecule has 0 amide bonds. The number of benzene rings is 2. The van der Waals surface area contributed by atoms with Gasteiger partial charge < -0.3 is 19.7 Å². The molecule has 0 bridgehead atoms. The van der Waals surface area contributed by atoms with Gasteiger partial charge in [0.1, 0.15) is 11.9 Å². The molecule has 1 atom stereocenters. The van der Waals surface area contributed by atoms with Crippen LogP contribution in [0.2, 0.25) is 0 Å². The number of aromatic nitrogens is 2. The molecule has 26 heavy (non-hydrogen) atoms. The molecule has 1 unspecified atom stereocenters. The van der Waals surface area contributed by atoms with Crippen molar-refractivity contribution in [3.8, 4) is 5.75 Å². The highest BCUT2D eigenvalue weighted by molar-refractivity contribution is 5.75. The van der Waals surface area contributed by atoms with Crippen LogP contribution < -0.4 is 0 Å². The Morgan fingerprint density at radius 1 is 1.19 bits per heavy atom. The fraction of sp³-hybridized carbons (Fsp3) is 0.350. The molecule has 6 heteroatoms. The lowest BCUT2D eigenvalue weighted by Gasteiger charge is -2.31. The van der Waals surface area contributed by atoms with Crippen LogP contribution >= 0.6 is 0 Å². The fourth-order valence-electron chi connectivity index (χ4n) is 3.44. The smallest absolute Gasteiger partial charge is 0.165 e. The Hall–Kier alpha value is -2.44. The van der Waals surface area contributed by atoms with E-state index in [2.05, 4.69) is 21.9 Å². The number of H-pyrrole nitrogens is 1. The number of imidazole rings is 1. The van der Waals surface area contributed by atoms with E-state index >= 15 is 0 Å². The van der Waals surface area contributed by atoms with Crippen LogP contribution in [0.15, 0.2) is 42.5 Å². The molecular formula is C20H22FN3O2. The minimum atomic E-state index is -0.657. The average Bonchev–Trinajstić information content (AvgIpc) is 3.08. The summed E-state index contributed by atoms with van der Waals surface area (Å²) in [4.78, 5) is 10.1. The third-order valence-electron chi connectivity index (χ3n) is 4.95. The van der Waals surface area contributed by atoms with Gasteiger partial charge >= 0.3 is 0 Å². The highest BCUT2D eigenvalue weighted by Gasteiger charge is 2.28. The molecule has 1 fully saturated rings. The van der Waals surface area contributed by atoms with Gasteiger partial charge in [0, 0.05) is 18.7 Å². The van der Waals surface area contributed by atoms with E-state index in [4.69, 9.17) is 4.74 Å². The van der Waals surface area contributed by atoms with Gasteiger partial charge in [0.05, 0.1) is 17.1 Å². The van der Waals surface area contributed by atoms with Crippen molar-refractivity contribution < 1.29 is 14.2 Å². The van der Waals surface area contributed by atoms with Crippen LogP contribution in [0.25, 0.3) is 11.0 Å². The molecule has 1 aliphatic heterocycles. The third kappa shape index (κ3) is 3.30. The Morgan fingerprint density at radius 3 is 2.73 bits per heavy atom. The standard InChI is InChI=1S/C20H22FN3O2/c1-24-11-9-13(10-12-24)26-19(14-5-4-6-15(21)18(14)25)20-22-16-7-2-3-8-17(16)23-20/h2-8,13,19,25H,9-12H2,1H3,(H,22,23). The van der Waals surface area contributed by atoms with Crippen LogP contribution in [0, 0.1) is 5.82 Å². The summed E-state index contributed by atoms with van der Waals surface area (Å²) in [6, 6.07) is 12.2. The fourth-order valence-corrected chi connectivity index (χ4v) is 3.44. The number of hydrogen-bond donors (Lipinski definition) is 2. The van der Waals surface area contributed by atoms with Crippen LogP contribution in [-0.2, 0) is 4.74 Å². The third-order valence-corrected chi connectivity index (χ3v) is 4.95. The summed E-state index contributed by atoms with van der Waals surface area (Å²) >= 11 is 0. The topological polar surface area (TPSA) is 61.4 Å². The van der Waals surface area contributed by atoms with E-state index < -0.39 is 11.9 Å². The lowest BCUT2D eigenvalue weighted by atomic mass is 10.0. The van der Waals surface area contributed by atoms with Crippen molar-refractivity contribution >= 4 is 11.0 Å². The molecule has 1 aromatic heterocycles. The Bertz CT molecular complexity index is 870. The number of ether oxygens (including phenoxy) is 1. The summed E-state index contributed by atoms with van der Waals surface area (Å²) in [7, 11) is 2.09. The highest BCUT2D eigenvalue weighted by Crippen LogP contribution is 2.35. The second kappa shape index (κ2) is 7.05. The Labute approximate surface area is 151 Å². The number of rotatable bonds is 4. The summed E-state index contributed by atoms with van der Waals surface area (Å²) in [6.07, 6.45) is 1.17. The highest BCUT2D eigenvalue weighted by atomic mass is 19.1. The number of para-hydroxylation sites is 3. The predicted molar refractivity (Wildman–Crippen MR) is 97.6 cm³/mol. The van der Waals surface area contributed by atoms with E-state index in [-0.39, 0.29) is 11.9 Å². The van der Waals surface area contributed by atoms with Gasteiger partial charge in [-0.25, -0.2) is 9.37 Å². The summed E-state index contributed by atoms with van der Waals surface area (Å²) < 4.78 is 20.3. The van der Waals surface area contributed by atoms with Gasteiger partial charge in [0.2, 0.25) is 0 Å². The minimum Gasteiger partial charge on any atom is -0.505 e. The molecule has 2 aromatic carbocycles. The van der Waals surface area contributed by atoms with E-state index in [1.807, 2.05) is 24.3 Å². The van der Waals surface area contributed by atoms with Crippen LogP contribution in [0.1, 0.15) is 30.3 Å². The number of piperidine rings is 1. The maximum absolute atomic E-state index is 13.9. The van der Waals surface area contributed by atoms with Gasteiger partial charge in [-0.2, -0.15) is 0 Å². The monoisotopic (exact) mass is 355 g/mol. The molecule has 0 spiro atoms. The van der Waals surface area contributed by atoms with Crippen LogP contribution in [0.5, 0.6) is 5.75 Å². The number of halogens is 1. The van der Waals surface area contributed by atoms with Gasteiger partial charge in [-0.1, -0.05) is 24.3 Å². The average molecular weight is 355 g/mol. The quantitative estimate of drug-likeness (QED) is 0.751. The second-order valence-corrected chi connectivity index (χ2v) is 6.84. The molecule has 1 aliphatic rings. The molecule has 0 saturated carbocycles. The molecule has 4 rings (SSSR count). The Balaban J connectivity index is 1.72. The van der Waals surface area contributed by atoms with Crippen molar-refractivity contribution in [1.29, 1.82) is 0 Å². The normalized spacial score (nSPS) is 17.6. The summed E-state index contributed by atoms with van der Waals surface area (Å²) in [5.41, 5.74) is 2.09. The first-order valence-corrected chi connectivity index (χ1v) is 8.88. The summed E-state index contributed by atoms with van der Waals surface area (Å²) in [6.45, 7) is 1.90. The van der Waals surface area contributed by atoms with Crippen molar-refractivity contribution in [2.45, 2.75) is 25.0 Å². The van der Waals surface area contributed by atoms with Crippen LogP contribution in [0.3, 0.4) is 0 Å². The van der Waals surface area contributed by atoms with Gasteiger partial charge in [0.25, 0.3) is 0 Å². The molecule has 1 saturated heterocycles. The minimum absolute atomic E-state index is 0.0343. The zero-order chi connectivity index (χ0) is 18.1. The first kappa shape index (κ1) is 17.0. The maximum atomic E-state index is 13.9. The Kier molecular flexibility index (Phi) is 4.61. The number of phenolic OH excluding ortho intramolecular Hbond substituents is 1. The zero-order valence-corrected chi connectivity index (χ0v) is 14.7. The lowest BCUT2D eigenvalue weighted by molar-refractivity contribution is -0.0273. The molecule has 0 aliphatic carbocycles. The lowest BCUT2D eigenvalue weighted by Crippen LogP contribution is -2.35. The summed E-state index contributed by atoms with van der Waals surface area (Å²) in [5.74, 6) is -0.465. The number of likely N-dealkylation sites (tertiary alicyclic amines) is 1. The number of aromatic hydroxyl groups is 1. The summed E-state index contributed by atoms with van der Waals surface area (Å²) in [5, 5.41) is 10.3. The van der Waals surface area contributed by atoms with Crippen molar-refractivity contribution in [3.63, 3.8) is 0 Å². The van der Waals surface area contributed by atoms with Crippen molar-refractivity contribution in [3.05, 3.63) is 59.7 Å². The number of aromatic amines is 1. The first-order valence-electron chi connectivity index (χ1n) is 8.88. The number of fused-ring (bicyclic) bond motifs is 1. The largest absolute Gasteiger partial charge is 0.505 e. The van der Waals surface area contributed by atoms with E-state index in [9.17, 15) is 9.50 Å². The number of phenols is 1. The molecule has 2 N–H and O–H groups in total. The SMILES string of the molecule is CN1CCC(OC(c2nc3ccccc3[nH]2)c2cccc(F)c2O)CC1. The molecule has 2 heterocycles. The number of hydrogen-bond acceptors (Lipinski definition) is 4. The molecule has 5 nitrogen and oxygen atoms in total. The molecule has 3 aromatic rings. The van der Waals surface area contributed by atoms with Crippen LogP contribution in [-0.4, -0.2) is 46.2 Å². The van der Waals surface area contributed by atoms with Crippen molar-refractivity contribution in [1.82, 2.24) is 14.9 Å². The van der Waals surface area contributed by atoms with Gasteiger partial charge in [-0.15, -0.1) is 0 Å². The Morgan fingerprint density at radius 2 is 1.96 bits per heavy atom. The van der Waals surface area contributed by atoms with E-state index in [1.54, 1.807) is 12.1 Å². The predicted octanol–water partition coefficient (Wildman–Crippen LogP) is 3.61. The van der Waals surface area contributed by atoms with Crippen LogP contribution in [0.4, 0.5) is 4.39 Å². The van der Waals surface area contributed by atoms with E-state index in [0.717, 1.165) is 37.0 Å². The van der Waals surface area contributed by atoms with Gasteiger partial charge in [0.15, 0.2) is 11.6 Å². The van der Waals surface area contributed by atoms with Crippen molar-refractivity contribution in [2.24, 2.45) is 0 Å². The zero-order valence-electron chi connectivity index (χ0n) is 14.7. The number of nitrogens with zero attached hydrogens (tertiary/aromatic N) is 2. The molecule has 136 valence electrons. The van der Waals surface area contributed by atoms with Crippen molar-refractivity contribution in [2.75, 3.05) is 20.1 Å². The molecule has 0 radical (unpaired) electrons. The maximum Gasteiger partial charge on any atom is 0.165 e. The first-order chi connectivity index (χ1) is 12.6. The molecular weight excluding hydrogens is 333 g/mol. The van der Waals surface area contributed by atoms with Gasteiger partial charge in [-0.05, 0) is 38.1 Å². The van der Waals surface area contributed by atoms with E-state index in [1.165, 1.54) is 6.07 Å².